The number of esters is 1. The number of rotatable bonds is 16. The number of halogens is 1. The van der Waals surface area contributed by atoms with E-state index < -0.39 is 0 Å². The Balaban J connectivity index is 0.000000128. The summed E-state index contributed by atoms with van der Waals surface area (Å²) < 4.78 is 16.7. The van der Waals surface area contributed by atoms with Crippen LogP contribution >= 0.6 is 11.6 Å². The Morgan fingerprint density at radius 1 is 0.557 bits per heavy atom. The number of phenolic OH excluding ortho intramolecular Hbond substituents is 1. The molecule has 0 amide bonds. The third-order valence-electron chi connectivity index (χ3n) is 17.5. The van der Waals surface area contributed by atoms with Crippen molar-refractivity contribution in [2.75, 3.05) is 41.3 Å². The highest BCUT2D eigenvalue weighted by Crippen LogP contribution is 2.39. The third kappa shape index (κ3) is 20.6. The van der Waals surface area contributed by atoms with E-state index in [1.165, 1.54) is 117 Å². The molecule has 1 saturated carbocycles. The lowest BCUT2D eigenvalue weighted by molar-refractivity contribution is -0.131. The molecule has 12 nitrogen and oxygen atoms in total. The topological polar surface area (TPSA) is 161 Å². The van der Waals surface area contributed by atoms with E-state index in [0.717, 1.165) is 76.7 Å². The molecule has 2 aliphatic carbocycles. The van der Waals surface area contributed by atoms with Crippen LogP contribution in [-0.2, 0) is 43.8 Å². The molecule has 4 heterocycles. The first-order valence-electron chi connectivity index (χ1n) is 33.8. The number of para-hydroxylation sites is 2. The molecule has 15 rings (SSSR count). The van der Waals surface area contributed by atoms with E-state index in [1.54, 1.807) is 18.3 Å². The van der Waals surface area contributed by atoms with Crippen LogP contribution < -0.4 is 19.9 Å². The van der Waals surface area contributed by atoms with Crippen molar-refractivity contribution in [1.82, 2.24) is 29.7 Å². The van der Waals surface area contributed by atoms with Crippen LogP contribution in [-0.4, -0.2) is 82.1 Å². The highest BCUT2D eigenvalue weighted by molar-refractivity contribution is 6.30. The molecule has 0 saturated heterocycles. The highest BCUT2D eigenvalue weighted by atomic mass is 35.5. The maximum atomic E-state index is 10.7. The fourth-order valence-corrected chi connectivity index (χ4v) is 12.9. The van der Waals surface area contributed by atoms with Crippen LogP contribution in [0.4, 0.5) is 0 Å². The molecule has 7 N–H and O–H groups in total. The number of hydrogen-bond acceptors (Lipinski definition) is 8. The van der Waals surface area contributed by atoms with Crippen molar-refractivity contribution in [2.24, 2.45) is 5.73 Å². The summed E-state index contributed by atoms with van der Waals surface area (Å²) in [6.45, 7) is 5.36. The number of benzene rings is 9. The van der Waals surface area contributed by atoms with Crippen LogP contribution in [0.15, 0.2) is 243 Å². The zero-order chi connectivity index (χ0) is 67.7. The first-order chi connectivity index (χ1) is 47.3. The molecule has 97 heavy (non-hydrogen) atoms. The van der Waals surface area contributed by atoms with Crippen LogP contribution in [0.2, 0.25) is 5.02 Å². The summed E-state index contributed by atoms with van der Waals surface area (Å²) in [5.41, 5.74) is 22.2. The fourth-order valence-electron chi connectivity index (χ4n) is 12.7. The standard InChI is InChI=1S/C20H24ClN.C18H20N2O.C15H13NO.C11H14O.C10H12N2.C10H9NO2/c1-22(2)13-5-8-19-18-7-4-3-6-15(18)9-10-16-11-12-17(21)14-20(16)19;1-20(2)12-15-11-19-18-9-8-16(10-17(15)18)21-13-14-6-4-3-5-7-14;1-2-4-12(5-3-1)11-17-14-6-7-15-13(10-14)8-9-16-15;12-11-7-5-10(6-8-11)9-3-1-2-4-9;11-6-5-8-7-12-10-4-2-1-3-9(8)10;1-7(12)13-10-6-11-9-5-3-2-4-8(9)10/h3-4,6-7,11-12,14,19H,5,8-10,13H2,1-2H3;3-11,19H,12-13H2,1-2H3;1-10,16H,11H2;5-9,12H,1-4H2;1-4,7,12H,5-6,11H2;2-6,11H,1H3. The zero-order valence-corrected chi connectivity index (χ0v) is 57.3. The summed E-state index contributed by atoms with van der Waals surface area (Å²) in [7, 11) is 8.45. The minimum Gasteiger partial charge on any atom is -0.508 e. The number of phenols is 1. The Hall–Kier alpha value is -9.82. The Morgan fingerprint density at radius 2 is 1.13 bits per heavy atom. The molecule has 500 valence electrons. The number of nitrogens with one attached hydrogen (secondary N) is 4. The minimum atomic E-state index is -0.301. The summed E-state index contributed by atoms with van der Waals surface area (Å²) in [6.07, 6.45) is 18.7. The predicted molar refractivity (Wildman–Crippen MR) is 400 cm³/mol. The van der Waals surface area contributed by atoms with Gasteiger partial charge in [0.05, 0.1) is 0 Å². The number of hydrogen-bond donors (Lipinski definition) is 6. The van der Waals surface area contributed by atoms with Gasteiger partial charge >= 0.3 is 5.97 Å². The first kappa shape index (κ1) is 70.0. The summed E-state index contributed by atoms with van der Waals surface area (Å²) in [6, 6.07) is 73.8. The van der Waals surface area contributed by atoms with Crippen molar-refractivity contribution in [3.63, 3.8) is 0 Å². The van der Waals surface area contributed by atoms with Crippen molar-refractivity contribution in [3.8, 4) is 23.0 Å². The molecule has 13 aromatic rings. The van der Waals surface area contributed by atoms with Gasteiger partial charge in [-0.2, -0.15) is 0 Å². The maximum absolute atomic E-state index is 10.7. The summed E-state index contributed by atoms with van der Waals surface area (Å²) in [4.78, 5) is 27.9. The number of aryl methyl sites for hydroxylation is 2. The molecular formula is C84H92ClN7O5. The van der Waals surface area contributed by atoms with E-state index >= 15 is 0 Å². The second kappa shape index (κ2) is 35.8. The monoisotopic (exact) mass is 1310 g/mol. The van der Waals surface area contributed by atoms with E-state index in [1.807, 2.05) is 122 Å². The molecule has 0 radical (unpaired) electrons. The lowest BCUT2D eigenvalue weighted by atomic mass is 9.85. The van der Waals surface area contributed by atoms with Gasteiger partial charge in [0, 0.05) is 92.8 Å². The second-order valence-electron chi connectivity index (χ2n) is 25.3. The highest BCUT2D eigenvalue weighted by Gasteiger charge is 2.24. The lowest BCUT2D eigenvalue weighted by Gasteiger charge is -2.21. The van der Waals surface area contributed by atoms with Gasteiger partial charge in [0.1, 0.15) is 30.5 Å². The largest absolute Gasteiger partial charge is 0.508 e. The van der Waals surface area contributed by atoms with E-state index in [0.29, 0.717) is 37.2 Å². The number of aromatic amines is 4. The Kier molecular flexibility index (Phi) is 25.8. The van der Waals surface area contributed by atoms with Crippen LogP contribution in [0.3, 0.4) is 0 Å². The van der Waals surface area contributed by atoms with Crippen molar-refractivity contribution >= 4 is 61.2 Å². The molecule has 1 fully saturated rings. The summed E-state index contributed by atoms with van der Waals surface area (Å²) in [5, 5.41) is 14.6. The Morgan fingerprint density at radius 3 is 1.79 bits per heavy atom. The molecule has 0 spiro atoms. The number of aromatic hydroxyl groups is 1. The number of aromatic nitrogens is 4. The Bertz CT molecular complexity index is 4510. The average Bonchev–Trinajstić information content (AvgIpc) is 1.30. The van der Waals surface area contributed by atoms with Crippen molar-refractivity contribution in [3.05, 3.63) is 298 Å². The minimum absolute atomic E-state index is 0.301. The van der Waals surface area contributed by atoms with E-state index in [2.05, 4.69) is 161 Å². The number of fused-ring (bicyclic) bond motifs is 6. The number of H-pyrrole nitrogens is 4. The van der Waals surface area contributed by atoms with Gasteiger partial charge in [0.25, 0.3) is 0 Å². The van der Waals surface area contributed by atoms with Gasteiger partial charge in [0.15, 0.2) is 5.75 Å². The number of nitrogens with two attached hydrogens (primary N) is 1. The molecule has 0 bridgehead atoms. The number of carbonyl (C=O) groups excluding carboxylic acids is 1. The smallest absolute Gasteiger partial charge is 0.308 e. The van der Waals surface area contributed by atoms with Crippen LogP contribution in [0.1, 0.15) is 107 Å². The molecule has 1 unspecified atom stereocenters. The number of ether oxygens (including phenoxy) is 3. The van der Waals surface area contributed by atoms with Gasteiger partial charge in [-0.05, 0) is 227 Å². The number of nitrogens with zero attached hydrogens (tertiary/aromatic N) is 2. The molecule has 0 aliphatic heterocycles. The fraction of sp³-hybridized carbons (Fsp3) is 0.250. The van der Waals surface area contributed by atoms with Gasteiger partial charge in [-0.25, -0.2) is 0 Å². The SMILES string of the molecule is CC(=O)Oc1c[nH]c2ccccc12.CN(C)CCCC1c2ccccc2CCc2ccc(Cl)cc21.CN(C)Cc1c[nH]c2ccc(OCc3ccccc3)cc12.NCCc1c[nH]c2ccccc12.Oc1ccc(C2CCCC2)cc1.c1ccc(COc2ccc3[nH]ccc3c2)cc1. The summed E-state index contributed by atoms with van der Waals surface area (Å²) >= 11 is 6.30. The van der Waals surface area contributed by atoms with Gasteiger partial charge in [-0.3, -0.25) is 4.79 Å². The van der Waals surface area contributed by atoms with Gasteiger partial charge in [-0.1, -0.05) is 158 Å². The van der Waals surface area contributed by atoms with Gasteiger partial charge in [0.2, 0.25) is 0 Å². The molecule has 1 atom stereocenters. The normalized spacial score (nSPS) is 13.1. The average molecular weight is 1320 g/mol. The second-order valence-corrected chi connectivity index (χ2v) is 25.8. The maximum Gasteiger partial charge on any atom is 0.308 e. The van der Waals surface area contributed by atoms with Crippen LogP contribution in [0, 0.1) is 0 Å². The molecule has 4 aromatic heterocycles. The van der Waals surface area contributed by atoms with Crippen LogP contribution in [0.5, 0.6) is 23.0 Å². The third-order valence-corrected chi connectivity index (χ3v) is 17.8. The van der Waals surface area contributed by atoms with E-state index in [-0.39, 0.29) is 5.97 Å². The van der Waals surface area contributed by atoms with Crippen molar-refractivity contribution in [2.45, 2.75) is 96.3 Å². The molecule has 2 aliphatic rings. The lowest BCUT2D eigenvalue weighted by Crippen LogP contribution is -2.14. The van der Waals surface area contributed by atoms with Crippen molar-refractivity contribution < 1.29 is 24.1 Å². The molecule has 9 aromatic carbocycles. The van der Waals surface area contributed by atoms with Gasteiger partial charge < -0.3 is 54.8 Å². The van der Waals surface area contributed by atoms with E-state index in [4.69, 9.17) is 36.7 Å². The molecular weight excluding hydrogens is 1220 g/mol. The van der Waals surface area contributed by atoms with Gasteiger partial charge in [-0.15, -0.1) is 0 Å². The Labute approximate surface area is 576 Å². The van der Waals surface area contributed by atoms with Crippen LogP contribution in [0.25, 0.3) is 43.6 Å². The summed E-state index contributed by atoms with van der Waals surface area (Å²) in [5.74, 6) is 3.70. The molecule has 13 heteroatoms. The zero-order valence-electron chi connectivity index (χ0n) is 56.6. The quantitative estimate of drug-likeness (QED) is 0.0522. The van der Waals surface area contributed by atoms with E-state index in [9.17, 15) is 4.79 Å². The van der Waals surface area contributed by atoms with Crippen molar-refractivity contribution in [1.29, 1.82) is 0 Å². The number of carbonyl (C=O) groups is 1. The first-order valence-corrected chi connectivity index (χ1v) is 34.2. The predicted octanol–water partition coefficient (Wildman–Crippen LogP) is 19.3.